The highest BCUT2D eigenvalue weighted by atomic mass is 16.3. The summed E-state index contributed by atoms with van der Waals surface area (Å²) in [4.78, 5) is 0. The van der Waals surface area contributed by atoms with E-state index < -0.39 is 0 Å². The summed E-state index contributed by atoms with van der Waals surface area (Å²) < 4.78 is 0. The maximum Gasteiger partial charge on any atom is 0.190 e. The Hall–Kier alpha value is -1.83. The SMILES string of the molecule is Oc1ccc2c(c1)[B]c1ccc(O)cc1[B]2. The van der Waals surface area contributed by atoms with Crippen molar-refractivity contribution in [1.29, 1.82) is 0 Å². The lowest BCUT2D eigenvalue weighted by molar-refractivity contribution is 0.475. The van der Waals surface area contributed by atoms with E-state index in [1.165, 1.54) is 0 Å². The van der Waals surface area contributed by atoms with Crippen LogP contribution >= 0.6 is 0 Å². The van der Waals surface area contributed by atoms with E-state index in [2.05, 4.69) is 0 Å². The second-order valence-electron chi connectivity index (χ2n) is 3.92. The standard InChI is InChI=1S/C12H8B2O2/c15-7-1-3-9-11(5-7)14-10-4-2-8(16)6-12(10)13-9/h1-6,15-16H. The molecule has 0 spiro atoms. The maximum absolute atomic E-state index is 9.41. The molecule has 3 rings (SSSR count). The third kappa shape index (κ3) is 1.47. The highest BCUT2D eigenvalue weighted by Crippen LogP contribution is 2.05. The molecule has 0 amide bonds. The Morgan fingerprint density at radius 2 is 1.06 bits per heavy atom. The third-order valence-electron chi connectivity index (χ3n) is 2.76. The van der Waals surface area contributed by atoms with Crippen molar-refractivity contribution in [3.8, 4) is 11.5 Å². The molecular weight excluding hydrogens is 198 g/mol. The van der Waals surface area contributed by atoms with Crippen LogP contribution in [0.5, 0.6) is 11.5 Å². The highest BCUT2D eigenvalue weighted by Gasteiger charge is 2.17. The Kier molecular flexibility index (Phi) is 1.96. The van der Waals surface area contributed by atoms with Gasteiger partial charge in [0, 0.05) is 0 Å². The molecule has 2 nitrogen and oxygen atoms in total. The molecule has 0 atom stereocenters. The Morgan fingerprint density at radius 3 is 1.50 bits per heavy atom. The van der Waals surface area contributed by atoms with Crippen LogP contribution < -0.4 is 21.9 Å². The summed E-state index contributed by atoms with van der Waals surface area (Å²) in [6, 6.07) is 10.5. The Balaban J connectivity index is 2.09. The molecule has 0 saturated carbocycles. The van der Waals surface area contributed by atoms with E-state index in [9.17, 15) is 10.2 Å². The molecule has 1 aliphatic heterocycles. The molecule has 0 saturated heterocycles. The van der Waals surface area contributed by atoms with Crippen molar-refractivity contribution in [2.24, 2.45) is 0 Å². The van der Waals surface area contributed by atoms with Crippen LogP contribution in [0.3, 0.4) is 0 Å². The largest absolute Gasteiger partial charge is 0.508 e. The van der Waals surface area contributed by atoms with Crippen molar-refractivity contribution in [1.82, 2.24) is 0 Å². The zero-order valence-electron chi connectivity index (χ0n) is 8.51. The highest BCUT2D eigenvalue weighted by molar-refractivity contribution is 6.87. The van der Waals surface area contributed by atoms with E-state index >= 15 is 0 Å². The van der Waals surface area contributed by atoms with Crippen LogP contribution in [0.2, 0.25) is 0 Å². The van der Waals surface area contributed by atoms with Crippen LogP contribution in [0.1, 0.15) is 0 Å². The fourth-order valence-electron chi connectivity index (χ4n) is 1.97. The first-order valence-electron chi connectivity index (χ1n) is 5.08. The molecule has 1 aliphatic rings. The summed E-state index contributed by atoms with van der Waals surface area (Å²) in [5, 5.41) is 18.8. The molecule has 16 heavy (non-hydrogen) atoms. The van der Waals surface area contributed by atoms with Crippen molar-refractivity contribution in [3.05, 3.63) is 36.4 Å². The van der Waals surface area contributed by atoms with E-state index in [1.807, 2.05) is 26.7 Å². The van der Waals surface area contributed by atoms with E-state index in [1.54, 1.807) is 24.3 Å². The lowest BCUT2D eigenvalue weighted by Gasteiger charge is -2.18. The summed E-state index contributed by atoms with van der Waals surface area (Å²) in [5.41, 5.74) is 4.10. The molecule has 0 aromatic heterocycles. The molecule has 1 heterocycles. The van der Waals surface area contributed by atoms with Gasteiger partial charge in [-0.2, -0.15) is 0 Å². The molecule has 0 fully saturated rings. The number of fused-ring (bicyclic) bond motifs is 2. The minimum atomic E-state index is 0.269. The molecule has 4 heteroatoms. The zero-order valence-corrected chi connectivity index (χ0v) is 8.51. The van der Waals surface area contributed by atoms with Gasteiger partial charge < -0.3 is 10.2 Å². The van der Waals surface area contributed by atoms with Gasteiger partial charge in [-0.25, -0.2) is 0 Å². The Bertz CT molecular complexity index is 515. The van der Waals surface area contributed by atoms with Crippen molar-refractivity contribution < 1.29 is 10.2 Å². The predicted molar refractivity (Wildman–Crippen MR) is 66.3 cm³/mol. The van der Waals surface area contributed by atoms with E-state index in [4.69, 9.17) is 0 Å². The molecule has 2 aromatic rings. The van der Waals surface area contributed by atoms with Crippen molar-refractivity contribution in [2.45, 2.75) is 0 Å². The van der Waals surface area contributed by atoms with Crippen LogP contribution in [0.4, 0.5) is 0 Å². The van der Waals surface area contributed by atoms with Gasteiger partial charge in [0.15, 0.2) is 14.6 Å². The zero-order chi connectivity index (χ0) is 11.1. The number of hydrogen-bond donors (Lipinski definition) is 2. The van der Waals surface area contributed by atoms with Gasteiger partial charge in [0.05, 0.1) is 0 Å². The lowest BCUT2D eigenvalue weighted by atomic mass is 9.44. The Labute approximate surface area is 95.0 Å². The summed E-state index contributed by atoms with van der Waals surface area (Å²) in [5.74, 6) is 0.538. The maximum atomic E-state index is 9.41. The molecule has 2 radical (unpaired) electrons. The minimum Gasteiger partial charge on any atom is -0.508 e. The molecule has 0 unspecified atom stereocenters. The number of hydrogen-bond acceptors (Lipinski definition) is 2. The molecule has 0 aliphatic carbocycles. The van der Waals surface area contributed by atoms with Gasteiger partial charge in [0.1, 0.15) is 11.5 Å². The quantitative estimate of drug-likeness (QED) is 0.449. The molecular formula is C12H8B2O2. The fourth-order valence-corrected chi connectivity index (χ4v) is 1.97. The summed E-state index contributed by atoms with van der Waals surface area (Å²) in [6.07, 6.45) is 0. The van der Waals surface area contributed by atoms with E-state index in [-0.39, 0.29) is 11.5 Å². The first-order valence-corrected chi connectivity index (χ1v) is 5.08. The number of rotatable bonds is 0. The van der Waals surface area contributed by atoms with Crippen LogP contribution in [-0.2, 0) is 0 Å². The van der Waals surface area contributed by atoms with Crippen molar-refractivity contribution >= 4 is 36.4 Å². The van der Waals surface area contributed by atoms with Crippen LogP contribution in [-0.4, -0.2) is 24.8 Å². The Morgan fingerprint density at radius 1 is 0.625 bits per heavy atom. The lowest BCUT2D eigenvalue weighted by Crippen LogP contribution is -2.56. The number of aromatic hydroxyl groups is 2. The van der Waals surface area contributed by atoms with Gasteiger partial charge in [0.25, 0.3) is 0 Å². The van der Waals surface area contributed by atoms with Crippen LogP contribution in [0.25, 0.3) is 0 Å². The topological polar surface area (TPSA) is 40.5 Å². The third-order valence-corrected chi connectivity index (χ3v) is 2.76. The van der Waals surface area contributed by atoms with Crippen molar-refractivity contribution in [3.63, 3.8) is 0 Å². The first kappa shape index (κ1) is 9.40. The van der Waals surface area contributed by atoms with Gasteiger partial charge in [-0.05, 0) is 24.3 Å². The fraction of sp³-hybridized carbons (Fsp3) is 0. The summed E-state index contributed by atoms with van der Waals surface area (Å²) >= 11 is 0. The number of benzene rings is 2. The van der Waals surface area contributed by atoms with E-state index in [0.717, 1.165) is 21.9 Å². The predicted octanol–water partition coefficient (Wildman–Crippen LogP) is -1.28. The van der Waals surface area contributed by atoms with Crippen LogP contribution in [0, 0.1) is 0 Å². The smallest absolute Gasteiger partial charge is 0.190 e. The van der Waals surface area contributed by atoms with Crippen LogP contribution in [0.15, 0.2) is 36.4 Å². The number of phenols is 2. The average molecular weight is 206 g/mol. The molecule has 2 aromatic carbocycles. The minimum absolute atomic E-state index is 0.269. The molecule has 0 bridgehead atoms. The monoisotopic (exact) mass is 206 g/mol. The first-order chi connectivity index (χ1) is 7.72. The number of phenolic OH excluding ortho intramolecular Hbond substituents is 2. The second-order valence-corrected chi connectivity index (χ2v) is 3.92. The summed E-state index contributed by atoms with van der Waals surface area (Å²) in [7, 11) is 4.01. The van der Waals surface area contributed by atoms with E-state index in [0.29, 0.717) is 0 Å². The van der Waals surface area contributed by atoms with Gasteiger partial charge in [-0.3, -0.25) is 0 Å². The average Bonchev–Trinajstić information content (AvgIpc) is 2.26. The molecule has 2 N–H and O–H groups in total. The normalized spacial score (nSPS) is 12.0. The van der Waals surface area contributed by atoms with Gasteiger partial charge >= 0.3 is 0 Å². The molecule has 74 valence electrons. The summed E-state index contributed by atoms with van der Waals surface area (Å²) in [6.45, 7) is 0. The van der Waals surface area contributed by atoms with Gasteiger partial charge in [-0.1, -0.05) is 34.0 Å². The van der Waals surface area contributed by atoms with Crippen molar-refractivity contribution in [2.75, 3.05) is 0 Å². The second kappa shape index (κ2) is 3.34. The van der Waals surface area contributed by atoms with Gasteiger partial charge in [-0.15, -0.1) is 0 Å². The van der Waals surface area contributed by atoms with Gasteiger partial charge in [0.2, 0.25) is 0 Å².